The topological polar surface area (TPSA) is 63.7 Å². The molecule has 2 amide bonds. The summed E-state index contributed by atoms with van der Waals surface area (Å²) in [6.45, 7) is 6.14. The normalized spacial score (nSPS) is 28.7. The molecule has 1 heterocycles. The number of nitrogens with zero attached hydrogens (tertiary/aromatic N) is 1. The van der Waals surface area contributed by atoms with Crippen molar-refractivity contribution in [2.45, 2.75) is 20.8 Å². The lowest BCUT2D eigenvalue weighted by molar-refractivity contribution is -0.122. The molecule has 1 saturated carbocycles. The molecule has 1 aromatic carbocycles. The summed E-state index contributed by atoms with van der Waals surface area (Å²) in [5, 5.41) is 0. The molecule has 1 saturated heterocycles. The van der Waals surface area contributed by atoms with Gasteiger partial charge in [-0.15, -0.1) is 0 Å². The first-order chi connectivity index (χ1) is 12.5. The minimum atomic E-state index is -0.412. The Labute approximate surface area is 152 Å². The van der Waals surface area contributed by atoms with Gasteiger partial charge in [-0.3, -0.25) is 9.59 Å². The van der Waals surface area contributed by atoms with E-state index in [1.54, 1.807) is 31.2 Å². The van der Waals surface area contributed by atoms with Crippen molar-refractivity contribution in [1.29, 1.82) is 0 Å². The first kappa shape index (κ1) is 16.8. The number of carbonyl (C=O) groups is 3. The van der Waals surface area contributed by atoms with Gasteiger partial charge in [0.25, 0.3) is 0 Å². The highest BCUT2D eigenvalue weighted by Crippen LogP contribution is 2.57. The number of ether oxygens (including phenoxy) is 1. The van der Waals surface area contributed by atoms with Crippen LogP contribution in [0.5, 0.6) is 0 Å². The number of allylic oxidation sites excluding steroid dienone is 4. The molecule has 26 heavy (non-hydrogen) atoms. The minimum Gasteiger partial charge on any atom is -0.462 e. The van der Waals surface area contributed by atoms with Gasteiger partial charge in [0, 0.05) is 11.8 Å². The quantitative estimate of drug-likeness (QED) is 0.477. The molecule has 0 spiro atoms. The Bertz CT molecular complexity index is 827. The first-order valence-corrected chi connectivity index (χ1v) is 8.96. The molecule has 2 bridgehead atoms. The van der Waals surface area contributed by atoms with Crippen molar-refractivity contribution in [2.24, 2.45) is 23.7 Å². The van der Waals surface area contributed by atoms with E-state index >= 15 is 0 Å². The van der Waals surface area contributed by atoms with Crippen LogP contribution in [0.2, 0.25) is 0 Å². The molecule has 1 aromatic rings. The van der Waals surface area contributed by atoms with Gasteiger partial charge >= 0.3 is 5.97 Å². The lowest BCUT2D eigenvalue weighted by Gasteiger charge is -2.19. The van der Waals surface area contributed by atoms with Crippen LogP contribution in [0.3, 0.4) is 0 Å². The molecule has 2 aliphatic carbocycles. The molecule has 134 valence electrons. The number of imide groups is 1. The van der Waals surface area contributed by atoms with Crippen LogP contribution in [-0.2, 0) is 14.3 Å². The fraction of sp³-hybridized carbons (Fsp3) is 0.381. The lowest BCUT2D eigenvalue weighted by Crippen LogP contribution is -2.33. The number of rotatable bonds is 3. The smallest absolute Gasteiger partial charge is 0.338 e. The molecule has 0 unspecified atom stereocenters. The van der Waals surface area contributed by atoms with Crippen LogP contribution in [0, 0.1) is 23.7 Å². The van der Waals surface area contributed by atoms with Gasteiger partial charge in [-0.05, 0) is 45.0 Å². The Kier molecular flexibility index (Phi) is 3.83. The third-order valence-corrected chi connectivity index (χ3v) is 5.63. The van der Waals surface area contributed by atoms with Crippen molar-refractivity contribution in [1.82, 2.24) is 0 Å². The molecular formula is C21H21NO4. The molecule has 0 aromatic heterocycles. The Hall–Kier alpha value is -2.69. The van der Waals surface area contributed by atoms with Crippen molar-refractivity contribution in [2.75, 3.05) is 11.5 Å². The molecule has 2 fully saturated rings. The van der Waals surface area contributed by atoms with Crippen LogP contribution in [0.1, 0.15) is 31.1 Å². The molecule has 4 rings (SSSR count). The third kappa shape index (κ3) is 2.19. The van der Waals surface area contributed by atoms with Crippen LogP contribution in [0.15, 0.2) is 47.6 Å². The van der Waals surface area contributed by atoms with E-state index in [2.05, 4.69) is 12.2 Å². The molecule has 4 atom stereocenters. The maximum atomic E-state index is 13.0. The number of anilines is 1. The average molecular weight is 351 g/mol. The number of amides is 2. The summed E-state index contributed by atoms with van der Waals surface area (Å²) in [7, 11) is 0. The summed E-state index contributed by atoms with van der Waals surface area (Å²) < 4.78 is 4.97. The highest BCUT2D eigenvalue weighted by molar-refractivity contribution is 6.23. The second-order valence-corrected chi connectivity index (χ2v) is 7.22. The van der Waals surface area contributed by atoms with Crippen LogP contribution >= 0.6 is 0 Å². The van der Waals surface area contributed by atoms with E-state index in [4.69, 9.17) is 4.74 Å². The molecular weight excluding hydrogens is 330 g/mol. The van der Waals surface area contributed by atoms with Crippen LogP contribution < -0.4 is 4.90 Å². The monoisotopic (exact) mass is 351 g/mol. The molecule has 1 aliphatic heterocycles. The molecule has 5 heteroatoms. The van der Waals surface area contributed by atoms with Crippen molar-refractivity contribution in [3.05, 3.63) is 53.1 Å². The van der Waals surface area contributed by atoms with E-state index in [0.29, 0.717) is 17.9 Å². The number of fused-ring (bicyclic) bond motifs is 5. The van der Waals surface area contributed by atoms with Gasteiger partial charge < -0.3 is 4.74 Å². The summed E-state index contributed by atoms with van der Waals surface area (Å²) in [6, 6.07) is 6.47. The van der Waals surface area contributed by atoms with Crippen molar-refractivity contribution in [3.8, 4) is 0 Å². The maximum absolute atomic E-state index is 13.0. The van der Waals surface area contributed by atoms with E-state index < -0.39 is 5.97 Å². The van der Waals surface area contributed by atoms with E-state index in [9.17, 15) is 14.4 Å². The number of esters is 1. The lowest BCUT2D eigenvalue weighted by atomic mass is 9.85. The summed E-state index contributed by atoms with van der Waals surface area (Å²) in [5.41, 5.74) is 3.35. The Morgan fingerprint density at radius 1 is 1.00 bits per heavy atom. The van der Waals surface area contributed by atoms with Crippen molar-refractivity contribution < 1.29 is 19.1 Å². The summed E-state index contributed by atoms with van der Waals surface area (Å²) in [6.07, 6.45) is 4.15. The van der Waals surface area contributed by atoms with E-state index in [0.717, 1.165) is 0 Å². The predicted octanol–water partition coefficient (Wildman–Crippen LogP) is 3.12. The zero-order chi connectivity index (χ0) is 18.6. The SMILES string of the molecule is CCOC(=O)c1ccc(N2C(=O)[C@@H]3[C@H](C2=O)[C@@H]2C=C[C@H]3C2=C(C)C)cc1. The fourth-order valence-corrected chi connectivity index (χ4v) is 4.65. The largest absolute Gasteiger partial charge is 0.462 e. The minimum absolute atomic E-state index is 0.0373. The van der Waals surface area contributed by atoms with Crippen LogP contribution in [0.4, 0.5) is 5.69 Å². The van der Waals surface area contributed by atoms with E-state index in [1.165, 1.54) is 16.0 Å². The van der Waals surface area contributed by atoms with Crippen molar-refractivity contribution in [3.63, 3.8) is 0 Å². The first-order valence-electron chi connectivity index (χ1n) is 8.96. The number of benzene rings is 1. The van der Waals surface area contributed by atoms with Gasteiger partial charge in [-0.2, -0.15) is 0 Å². The second kappa shape index (κ2) is 5.94. The summed E-state index contributed by atoms with van der Waals surface area (Å²) >= 11 is 0. The van der Waals surface area contributed by atoms with Gasteiger partial charge in [-0.1, -0.05) is 23.3 Å². The van der Waals surface area contributed by atoms with Crippen molar-refractivity contribution >= 4 is 23.5 Å². The molecule has 0 N–H and O–H groups in total. The number of hydrogen-bond donors (Lipinski definition) is 0. The Balaban J connectivity index is 1.64. The van der Waals surface area contributed by atoms with Crippen LogP contribution in [-0.4, -0.2) is 24.4 Å². The predicted molar refractivity (Wildman–Crippen MR) is 96.4 cm³/mol. The van der Waals surface area contributed by atoms with Gasteiger partial charge in [0.2, 0.25) is 11.8 Å². The van der Waals surface area contributed by atoms with Gasteiger partial charge in [0.05, 0.1) is 29.7 Å². The Morgan fingerprint density at radius 2 is 1.54 bits per heavy atom. The zero-order valence-corrected chi connectivity index (χ0v) is 15.1. The number of hydrogen-bond acceptors (Lipinski definition) is 4. The highest BCUT2D eigenvalue weighted by Gasteiger charge is 2.61. The van der Waals surface area contributed by atoms with Crippen LogP contribution in [0.25, 0.3) is 0 Å². The van der Waals surface area contributed by atoms with E-state index in [1.807, 2.05) is 13.8 Å². The van der Waals surface area contributed by atoms with Gasteiger partial charge in [-0.25, -0.2) is 9.69 Å². The third-order valence-electron chi connectivity index (χ3n) is 5.63. The Morgan fingerprint density at radius 3 is 2.00 bits per heavy atom. The van der Waals surface area contributed by atoms with Gasteiger partial charge in [0.15, 0.2) is 0 Å². The van der Waals surface area contributed by atoms with Gasteiger partial charge in [0.1, 0.15) is 0 Å². The average Bonchev–Trinajstić information content (AvgIpc) is 3.25. The molecule has 3 aliphatic rings. The summed E-state index contributed by atoms with van der Waals surface area (Å²) in [5.74, 6) is -1.21. The highest BCUT2D eigenvalue weighted by atomic mass is 16.5. The number of carbonyl (C=O) groups excluding carboxylic acids is 3. The standard InChI is InChI=1S/C21H21NO4/c1-4-26-21(25)12-5-7-13(8-6-12)22-19(23)17-14-9-10-15(16(14)11(2)3)18(17)20(22)24/h5-10,14-15,17-18H,4H2,1-3H3/t14-,15+,17-,18+. The molecule has 0 radical (unpaired) electrons. The summed E-state index contributed by atoms with van der Waals surface area (Å²) in [4.78, 5) is 39.1. The fourth-order valence-electron chi connectivity index (χ4n) is 4.65. The maximum Gasteiger partial charge on any atom is 0.338 e. The van der Waals surface area contributed by atoms with E-state index in [-0.39, 0.29) is 35.5 Å². The zero-order valence-electron chi connectivity index (χ0n) is 15.1. The molecule has 5 nitrogen and oxygen atoms in total. The second-order valence-electron chi connectivity index (χ2n) is 7.22.